The highest BCUT2D eigenvalue weighted by atomic mass is 16.6. The Morgan fingerprint density at radius 3 is 2.56 bits per heavy atom. The minimum absolute atomic E-state index is 0.192. The SMILES string of the molecule is CC(C)(C)OC(=O)N1CCN(Cc2ccccc2C2CCCN2)CC1. The number of carbonyl (C=O) groups is 1. The Hall–Kier alpha value is -1.59. The van der Waals surface area contributed by atoms with E-state index in [2.05, 4.69) is 34.5 Å². The second-order valence-electron chi connectivity index (χ2n) is 8.09. The monoisotopic (exact) mass is 345 g/mol. The van der Waals surface area contributed by atoms with Gasteiger partial charge in [-0.3, -0.25) is 4.90 Å². The second-order valence-corrected chi connectivity index (χ2v) is 8.09. The summed E-state index contributed by atoms with van der Waals surface area (Å²) in [6.45, 7) is 11.1. The standard InChI is InChI=1S/C20H31N3O2/c1-20(2,3)25-19(24)23-13-11-22(12-14-23)15-16-7-4-5-8-17(16)18-9-6-10-21-18/h4-5,7-8,18,21H,6,9-15H2,1-3H3. The van der Waals surface area contributed by atoms with Crippen molar-refractivity contribution in [2.45, 2.75) is 51.8 Å². The van der Waals surface area contributed by atoms with Gasteiger partial charge in [0.2, 0.25) is 0 Å². The van der Waals surface area contributed by atoms with Gasteiger partial charge in [-0.25, -0.2) is 4.79 Å². The number of benzene rings is 1. The molecule has 0 bridgehead atoms. The van der Waals surface area contributed by atoms with Gasteiger partial charge in [-0.05, 0) is 51.3 Å². The first-order chi connectivity index (χ1) is 11.9. The third-order valence-corrected chi connectivity index (χ3v) is 4.91. The molecule has 138 valence electrons. The predicted octanol–water partition coefficient (Wildman–Crippen LogP) is 3.16. The first-order valence-corrected chi connectivity index (χ1v) is 9.44. The molecule has 25 heavy (non-hydrogen) atoms. The van der Waals surface area contributed by atoms with Crippen molar-refractivity contribution in [1.29, 1.82) is 0 Å². The summed E-state index contributed by atoms with van der Waals surface area (Å²) >= 11 is 0. The van der Waals surface area contributed by atoms with Crippen LogP contribution in [0.5, 0.6) is 0 Å². The highest BCUT2D eigenvalue weighted by Gasteiger charge is 2.26. The summed E-state index contributed by atoms with van der Waals surface area (Å²) in [4.78, 5) is 16.4. The van der Waals surface area contributed by atoms with Crippen molar-refractivity contribution < 1.29 is 9.53 Å². The molecule has 0 saturated carbocycles. The van der Waals surface area contributed by atoms with E-state index < -0.39 is 5.60 Å². The fraction of sp³-hybridized carbons (Fsp3) is 0.650. The molecule has 0 spiro atoms. The van der Waals surface area contributed by atoms with Crippen molar-refractivity contribution in [3.63, 3.8) is 0 Å². The van der Waals surface area contributed by atoms with Crippen molar-refractivity contribution in [2.24, 2.45) is 0 Å². The minimum atomic E-state index is -0.429. The van der Waals surface area contributed by atoms with Crippen LogP contribution >= 0.6 is 0 Å². The number of rotatable bonds is 3. The lowest BCUT2D eigenvalue weighted by Crippen LogP contribution is -2.49. The van der Waals surface area contributed by atoms with E-state index in [1.54, 1.807) is 0 Å². The fourth-order valence-electron chi connectivity index (χ4n) is 3.62. The summed E-state index contributed by atoms with van der Waals surface area (Å²) < 4.78 is 5.48. The maximum atomic E-state index is 12.2. The molecular formula is C20H31N3O2. The van der Waals surface area contributed by atoms with Gasteiger partial charge in [-0.1, -0.05) is 24.3 Å². The number of hydrogen-bond donors (Lipinski definition) is 1. The minimum Gasteiger partial charge on any atom is -0.444 e. The molecule has 0 radical (unpaired) electrons. The molecule has 2 aliphatic rings. The molecule has 1 amide bonds. The van der Waals surface area contributed by atoms with Crippen LogP contribution in [0.25, 0.3) is 0 Å². The topological polar surface area (TPSA) is 44.8 Å². The van der Waals surface area contributed by atoms with Gasteiger partial charge in [-0.2, -0.15) is 0 Å². The predicted molar refractivity (Wildman–Crippen MR) is 99.5 cm³/mol. The third kappa shape index (κ3) is 4.95. The van der Waals surface area contributed by atoms with E-state index in [9.17, 15) is 4.79 Å². The zero-order chi connectivity index (χ0) is 17.9. The number of hydrogen-bond acceptors (Lipinski definition) is 4. The first kappa shape index (κ1) is 18.2. The molecule has 5 nitrogen and oxygen atoms in total. The van der Waals surface area contributed by atoms with Crippen LogP contribution in [0.15, 0.2) is 24.3 Å². The number of piperazine rings is 1. The molecule has 0 aliphatic carbocycles. The Labute approximate surface area is 151 Å². The van der Waals surface area contributed by atoms with Gasteiger partial charge < -0.3 is 15.0 Å². The molecule has 1 aromatic rings. The summed E-state index contributed by atoms with van der Waals surface area (Å²) in [7, 11) is 0. The van der Waals surface area contributed by atoms with E-state index in [1.165, 1.54) is 24.0 Å². The van der Waals surface area contributed by atoms with Crippen molar-refractivity contribution in [3.8, 4) is 0 Å². The fourth-order valence-corrected chi connectivity index (χ4v) is 3.62. The van der Waals surface area contributed by atoms with Gasteiger partial charge in [0.1, 0.15) is 5.60 Å². The average molecular weight is 345 g/mol. The maximum absolute atomic E-state index is 12.2. The molecule has 2 saturated heterocycles. The normalized spacial score (nSPS) is 22.2. The van der Waals surface area contributed by atoms with Gasteiger partial charge in [0.05, 0.1) is 0 Å². The van der Waals surface area contributed by atoms with Gasteiger partial charge in [0, 0.05) is 38.8 Å². The molecule has 5 heteroatoms. The Bertz CT molecular complexity index is 583. The van der Waals surface area contributed by atoms with E-state index >= 15 is 0 Å². The summed E-state index contributed by atoms with van der Waals surface area (Å²) in [6, 6.07) is 9.27. The molecule has 1 unspecified atom stereocenters. The van der Waals surface area contributed by atoms with Gasteiger partial charge >= 0.3 is 6.09 Å². The molecular weight excluding hydrogens is 314 g/mol. The maximum Gasteiger partial charge on any atom is 0.410 e. The van der Waals surface area contributed by atoms with Crippen LogP contribution in [-0.2, 0) is 11.3 Å². The Kier molecular flexibility index (Phi) is 5.64. The number of amides is 1. The Morgan fingerprint density at radius 2 is 1.92 bits per heavy atom. The van der Waals surface area contributed by atoms with Crippen molar-refractivity contribution in [1.82, 2.24) is 15.1 Å². The highest BCUT2D eigenvalue weighted by molar-refractivity contribution is 5.68. The second kappa shape index (κ2) is 7.75. The largest absolute Gasteiger partial charge is 0.444 e. The number of nitrogens with one attached hydrogen (secondary N) is 1. The molecule has 3 rings (SSSR count). The van der Waals surface area contributed by atoms with Crippen molar-refractivity contribution in [2.75, 3.05) is 32.7 Å². The highest BCUT2D eigenvalue weighted by Crippen LogP contribution is 2.27. The van der Waals surface area contributed by atoms with E-state index in [-0.39, 0.29) is 6.09 Å². The van der Waals surface area contributed by atoms with E-state index in [4.69, 9.17) is 4.74 Å². The molecule has 0 aromatic heterocycles. The molecule has 1 N–H and O–H groups in total. The van der Waals surface area contributed by atoms with Crippen LogP contribution in [0.2, 0.25) is 0 Å². The third-order valence-electron chi connectivity index (χ3n) is 4.91. The zero-order valence-electron chi connectivity index (χ0n) is 15.8. The van der Waals surface area contributed by atoms with Crippen LogP contribution < -0.4 is 5.32 Å². The van der Waals surface area contributed by atoms with Crippen LogP contribution in [0.4, 0.5) is 4.79 Å². The Balaban J connectivity index is 1.55. The molecule has 2 heterocycles. The number of carbonyl (C=O) groups excluding carboxylic acids is 1. The quantitative estimate of drug-likeness (QED) is 0.914. The van der Waals surface area contributed by atoms with Gasteiger partial charge in [0.15, 0.2) is 0 Å². The van der Waals surface area contributed by atoms with Gasteiger partial charge in [-0.15, -0.1) is 0 Å². The smallest absolute Gasteiger partial charge is 0.410 e. The molecule has 2 aliphatic heterocycles. The Morgan fingerprint density at radius 1 is 1.20 bits per heavy atom. The average Bonchev–Trinajstić information content (AvgIpc) is 3.09. The zero-order valence-corrected chi connectivity index (χ0v) is 15.8. The van der Waals surface area contributed by atoms with E-state index in [0.29, 0.717) is 6.04 Å². The van der Waals surface area contributed by atoms with Gasteiger partial charge in [0.25, 0.3) is 0 Å². The lowest BCUT2D eigenvalue weighted by atomic mass is 9.98. The van der Waals surface area contributed by atoms with Crippen LogP contribution in [0, 0.1) is 0 Å². The molecule has 2 fully saturated rings. The van der Waals surface area contributed by atoms with Crippen LogP contribution in [0.3, 0.4) is 0 Å². The summed E-state index contributed by atoms with van der Waals surface area (Å²) in [5, 5.41) is 3.61. The lowest BCUT2D eigenvalue weighted by Gasteiger charge is -2.36. The molecule has 1 aromatic carbocycles. The number of nitrogens with zero attached hydrogens (tertiary/aromatic N) is 2. The summed E-state index contributed by atoms with van der Waals surface area (Å²) in [6.07, 6.45) is 2.29. The van der Waals surface area contributed by atoms with E-state index in [0.717, 1.165) is 39.3 Å². The number of ether oxygens (including phenoxy) is 1. The van der Waals surface area contributed by atoms with Crippen molar-refractivity contribution in [3.05, 3.63) is 35.4 Å². The van der Waals surface area contributed by atoms with Crippen LogP contribution in [0.1, 0.15) is 50.8 Å². The summed E-state index contributed by atoms with van der Waals surface area (Å²) in [5.74, 6) is 0. The van der Waals surface area contributed by atoms with E-state index in [1.807, 2.05) is 25.7 Å². The van der Waals surface area contributed by atoms with Crippen molar-refractivity contribution >= 4 is 6.09 Å². The summed E-state index contributed by atoms with van der Waals surface area (Å²) in [5.41, 5.74) is 2.42. The lowest BCUT2D eigenvalue weighted by molar-refractivity contribution is 0.0139. The van der Waals surface area contributed by atoms with Crippen LogP contribution in [-0.4, -0.2) is 54.2 Å². The first-order valence-electron chi connectivity index (χ1n) is 9.44. The molecule has 1 atom stereocenters.